The summed E-state index contributed by atoms with van der Waals surface area (Å²) in [6, 6.07) is 7.73. The van der Waals surface area contributed by atoms with Gasteiger partial charge in [0.15, 0.2) is 6.29 Å². The van der Waals surface area contributed by atoms with E-state index in [1.54, 1.807) is 6.92 Å². The molecule has 0 heterocycles. The lowest BCUT2D eigenvalue weighted by Crippen LogP contribution is -2.35. The zero-order valence-corrected chi connectivity index (χ0v) is 12.4. The van der Waals surface area contributed by atoms with Gasteiger partial charge in [-0.25, -0.2) is 0 Å². The Morgan fingerprint density at radius 3 is 2.30 bits per heavy atom. The molecule has 0 bridgehead atoms. The Morgan fingerprint density at radius 2 is 1.75 bits per heavy atom. The van der Waals surface area contributed by atoms with Crippen molar-refractivity contribution in [1.82, 2.24) is 5.32 Å². The van der Waals surface area contributed by atoms with E-state index >= 15 is 0 Å². The van der Waals surface area contributed by atoms with E-state index in [4.69, 9.17) is 14.6 Å². The molecular formula is C15H25NO4. The van der Waals surface area contributed by atoms with Crippen LogP contribution in [0.5, 0.6) is 5.75 Å². The predicted octanol–water partition coefficient (Wildman–Crippen LogP) is 1.28. The predicted molar refractivity (Wildman–Crippen MR) is 77.6 cm³/mol. The normalized spacial score (nSPS) is 14.3. The summed E-state index contributed by atoms with van der Waals surface area (Å²) in [5.41, 5.74) is 0.959. The first kappa shape index (κ1) is 16.9. The molecule has 0 aliphatic heterocycles. The minimum Gasteiger partial charge on any atom is -0.491 e. The van der Waals surface area contributed by atoms with E-state index < -0.39 is 12.4 Å². The van der Waals surface area contributed by atoms with Gasteiger partial charge >= 0.3 is 0 Å². The van der Waals surface area contributed by atoms with Crippen LogP contribution in [0.25, 0.3) is 0 Å². The van der Waals surface area contributed by atoms with Crippen molar-refractivity contribution in [3.05, 3.63) is 29.8 Å². The van der Waals surface area contributed by atoms with Crippen molar-refractivity contribution in [1.29, 1.82) is 0 Å². The molecule has 0 spiro atoms. The van der Waals surface area contributed by atoms with Crippen molar-refractivity contribution in [2.45, 2.75) is 45.8 Å². The van der Waals surface area contributed by atoms with Gasteiger partial charge in [0.25, 0.3) is 0 Å². The fourth-order valence-electron chi connectivity index (χ4n) is 1.52. The summed E-state index contributed by atoms with van der Waals surface area (Å²) in [6.07, 6.45) is -1.30. The molecule has 0 saturated heterocycles. The maximum absolute atomic E-state index is 9.72. The average Bonchev–Trinajstić information content (AvgIpc) is 2.41. The number of ether oxygens (including phenoxy) is 2. The number of hydrogen-bond donors (Lipinski definition) is 3. The summed E-state index contributed by atoms with van der Waals surface area (Å²) >= 11 is 0. The molecule has 1 aromatic carbocycles. The minimum atomic E-state index is -0.769. The van der Waals surface area contributed by atoms with E-state index in [1.807, 2.05) is 38.1 Å². The molecule has 0 aromatic heterocycles. The van der Waals surface area contributed by atoms with E-state index in [0.717, 1.165) is 5.56 Å². The highest BCUT2D eigenvalue weighted by Gasteiger charge is 2.06. The molecule has 114 valence electrons. The van der Waals surface area contributed by atoms with Crippen molar-refractivity contribution in [3.63, 3.8) is 0 Å². The molecule has 2 unspecified atom stereocenters. The van der Waals surface area contributed by atoms with E-state index in [9.17, 15) is 5.11 Å². The Labute approximate surface area is 120 Å². The summed E-state index contributed by atoms with van der Waals surface area (Å²) in [4.78, 5) is 0. The van der Waals surface area contributed by atoms with Crippen molar-refractivity contribution >= 4 is 0 Å². The van der Waals surface area contributed by atoms with Gasteiger partial charge in [0.05, 0.1) is 6.61 Å². The maximum Gasteiger partial charge on any atom is 0.152 e. The fourth-order valence-corrected chi connectivity index (χ4v) is 1.52. The second-order valence-electron chi connectivity index (χ2n) is 5.08. The Morgan fingerprint density at radius 1 is 1.10 bits per heavy atom. The molecular weight excluding hydrogens is 258 g/mol. The number of aliphatic hydroxyl groups excluding tert-OH is 2. The zero-order chi connectivity index (χ0) is 15.0. The largest absolute Gasteiger partial charge is 0.491 e. The van der Waals surface area contributed by atoms with Crippen molar-refractivity contribution in [2.75, 3.05) is 13.2 Å². The van der Waals surface area contributed by atoms with Crippen LogP contribution in [0, 0.1) is 0 Å². The number of rotatable bonds is 9. The van der Waals surface area contributed by atoms with Crippen LogP contribution in [0.3, 0.4) is 0 Å². The molecule has 1 aromatic rings. The van der Waals surface area contributed by atoms with E-state index in [0.29, 0.717) is 24.9 Å². The van der Waals surface area contributed by atoms with Crippen LogP contribution in [0.2, 0.25) is 0 Å². The van der Waals surface area contributed by atoms with Gasteiger partial charge in [0, 0.05) is 12.6 Å². The van der Waals surface area contributed by atoms with Crippen LogP contribution in [-0.2, 0) is 11.3 Å². The van der Waals surface area contributed by atoms with Crippen LogP contribution < -0.4 is 10.1 Å². The molecule has 0 aliphatic carbocycles. The molecule has 5 nitrogen and oxygen atoms in total. The lowest BCUT2D eigenvalue weighted by molar-refractivity contribution is -0.0939. The van der Waals surface area contributed by atoms with E-state index in [-0.39, 0.29) is 6.61 Å². The van der Waals surface area contributed by atoms with Gasteiger partial charge in [0.2, 0.25) is 0 Å². The fraction of sp³-hybridized carbons (Fsp3) is 0.600. The smallest absolute Gasteiger partial charge is 0.152 e. The van der Waals surface area contributed by atoms with Crippen molar-refractivity contribution < 1.29 is 19.7 Å². The monoisotopic (exact) mass is 283 g/mol. The molecule has 20 heavy (non-hydrogen) atoms. The number of hydrogen-bond acceptors (Lipinski definition) is 5. The highest BCUT2D eigenvalue weighted by molar-refractivity contribution is 5.26. The third-order valence-electron chi connectivity index (χ3n) is 2.62. The number of benzene rings is 1. The number of aliphatic hydroxyl groups is 2. The van der Waals surface area contributed by atoms with Gasteiger partial charge in [-0.05, 0) is 24.6 Å². The summed E-state index contributed by atoms with van der Waals surface area (Å²) < 4.78 is 10.6. The Balaban J connectivity index is 2.30. The van der Waals surface area contributed by atoms with Gasteiger partial charge in [0.1, 0.15) is 18.5 Å². The molecule has 0 amide bonds. The lowest BCUT2D eigenvalue weighted by Gasteiger charge is -2.15. The standard InChI is InChI=1S/C15H25NO4/c1-11(2)16-8-14(18)10-20-15-6-4-13(5-7-15)9-19-12(3)17/h4-7,11-12,14,16-18H,8-10H2,1-3H3. The third kappa shape index (κ3) is 7.45. The first-order valence-electron chi connectivity index (χ1n) is 6.90. The molecule has 0 aliphatic rings. The van der Waals surface area contributed by atoms with Gasteiger partial charge in [-0.1, -0.05) is 26.0 Å². The molecule has 2 atom stereocenters. The minimum absolute atomic E-state index is 0.253. The second-order valence-corrected chi connectivity index (χ2v) is 5.08. The summed E-state index contributed by atoms with van der Waals surface area (Å²) in [6.45, 7) is 6.76. The summed E-state index contributed by atoms with van der Waals surface area (Å²) in [5.74, 6) is 0.703. The SMILES string of the molecule is CC(C)NCC(O)COc1ccc(COC(C)O)cc1. The molecule has 0 saturated carbocycles. The highest BCUT2D eigenvalue weighted by atomic mass is 16.6. The Bertz CT molecular complexity index is 365. The van der Waals surface area contributed by atoms with E-state index in [1.165, 1.54) is 0 Å². The zero-order valence-electron chi connectivity index (χ0n) is 12.4. The Kier molecular flexibility index (Phi) is 7.54. The van der Waals surface area contributed by atoms with Crippen LogP contribution in [0.4, 0.5) is 0 Å². The van der Waals surface area contributed by atoms with Gasteiger partial charge < -0.3 is 25.0 Å². The Hall–Kier alpha value is -1.14. The van der Waals surface area contributed by atoms with E-state index in [2.05, 4.69) is 5.32 Å². The van der Waals surface area contributed by atoms with Crippen molar-refractivity contribution in [2.24, 2.45) is 0 Å². The molecule has 0 fully saturated rings. The molecule has 5 heteroatoms. The van der Waals surface area contributed by atoms with Crippen LogP contribution in [-0.4, -0.2) is 41.8 Å². The first-order chi connectivity index (χ1) is 9.47. The highest BCUT2D eigenvalue weighted by Crippen LogP contribution is 2.13. The van der Waals surface area contributed by atoms with Gasteiger partial charge in [-0.15, -0.1) is 0 Å². The molecule has 0 radical (unpaired) electrons. The topological polar surface area (TPSA) is 71.0 Å². The average molecular weight is 283 g/mol. The number of nitrogens with one attached hydrogen (secondary N) is 1. The van der Waals surface area contributed by atoms with Gasteiger partial charge in [-0.3, -0.25) is 0 Å². The third-order valence-corrected chi connectivity index (χ3v) is 2.62. The second kappa shape index (κ2) is 8.92. The summed E-state index contributed by atoms with van der Waals surface area (Å²) in [5, 5.41) is 21.9. The lowest BCUT2D eigenvalue weighted by atomic mass is 10.2. The van der Waals surface area contributed by atoms with Gasteiger partial charge in [-0.2, -0.15) is 0 Å². The maximum atomic E-state index is 9.72. The first-order valence-corrected chi connectivity index (χ1v) is 6.90. The molecule has 1 rings (SSSR count). The summed E-state index contributed by atoms with van der Waals surface area (Å²) in [7, 11) is 0. The van der Waals surface area contributed by atoms with Crippen LogP contribution in [0.15, 0.2) is 24.3 Å². The van der Waals surface area contributed by atoms with Crippen LogP contribution >= 0.6 is 0 Å². The van der Waals surface area contributed by atoms with Crippen molar-refractivity contribution in [3.8, 4) is 5.75 Å². The molecule has 3 N–H and O–H groups in total. The quantitative estimate of drug-likeness (QED) is 0.596. The van der Waals surface area contributed by atoms with Crippen LogP contribution in [0.1, 0.15) is 26.3 Å².